The lowest BCUT2D eigenvalue weighted by Crippen LogP contribution is -2.41. The molecule has 2 N–H and O–H groups in total. The van der Waals surface area contributed by atoms with Crippen molar-refractivity contribution in [3.8, 4) is 0 Å². The Morgan fingerprint density at radius 2 is 1.94 bits per heavy atom. The molecule has 1 saturated carbocycles. The quantitative estimate of drug-likeness (QED) is 0.838. The topological polar surface area (TPSA) is 32.3 Å². The van der Waals surface area contributed by atoms with Gasteiger partial charge in [0.1, 0.15) is 0 Å². The first-order valence-corrected chi connectivity index (χ1v) is 6.73. The maximum atomic E-state index is 9.40. The molecule has 2 heteroatoms. The highest BCUT2D eigenvalue weighted by Crippen LogP contribution is 2.26. The van der Waals surface area contributed by atoms with Gasteiger partial charge in [-0.25, -0.2) is 0 Å². The van der Waals surface area contributed by atoms with Gasteiger partial charge in [0.25, 0.3) is 0 Å². The van der Waals surface area contributed by atoms with Gasteiger partial charge in [-0.15, -0.1) is 0 Å². The maximum absolute atomic E-state index is 9.40. The Morgan fingerprint density at radius 3 is 2.65 bits per heavy atom. The summed E-state index contributed by atoms with van der Waals surface area (Å²) in [6, 6.07) is 11.4. The summed E-state index contributed by atoms with van der Waals surface area (Å²) >= 11 is 0. The van der Waals surface area contributed by atoms with Crippen molar-refractivity contribution in [1.29, 1.82) is 0 Å². The molecule has 0 saturated heterocycles. The molecule has 0 spiro atoms. The third-order valence-electron chi connectivity index (χ3n) is 3.91. The molecule has 2 rings (SSSR count). The molecule has 0 heterocycles. The summed E-state index contributed by atoms with van der Waals surface area (Å²) in [6.45, 7) is 2.53. The van der Waals surface area contributed by atoms with E-state index in [0.29, 0.717) is 24.6 Å². The van der Waals surface area contributed by atoms with Crippen LogP contribution in [0.15, 0.2) is 30.3 Å². The van der Waals surface area contributed by atoms with E-state index in [1.165, 1.54) is 24.8 Å². The molecule has 1 aliphatic rings. The fraction of sp³-hybridized carbons (Fsp3) is 0.600. The van der Waals surface area contributed by atoms with Crippen LogP contribution >= 0.6 is 0 Å². The average Bonchev–Trinajstić information content (AvgIpc) is 2.40. The van der Waals surface area contributed by atoms with E-state index in [-0.39, 0.29) is 0 Å². The average molecular weight is 233 g/mol. The van der Waals surface area contributed by atoms with E-state index >= 15 is 0 Å². The molecule has 0 bridgehead atoms. The van der Waals surface area contributed by atoms with Crippen molar-refractivity contribution in [2.45, 2.75) is 44.7 Å². The van der Waals surface area contributed by atoms with Crippen LogP contribution < -0.4 is 5.32 Å². The smallest absolute Gasteiger partial charge is 0.0474 e. The summed E-state index contributed by atoms with van der Waals surface area (Å²) in [6.07, 6.45) is 4.91. The molecule has 2 nitrogen and oxygen atoms in total. The molecule has 94 valence electrons. The normalized spacial score (nSPS) is 26.7. The Bertz CT molecular complexity index is 325. The third kappa shape index (κ3) is 3.30. The van der Waals surface area contributed by atoms with E-state index in [0.717, 1.165) is 6.42 Å². The van der Waals surface area contributed by atoms with Crippen LogP contribution in [0.5, 0.6) is 0 Å². The number of aliphatic hydroxyl groups excluding tert-OH is 1. The van der Waals surface area contributed by atoms with Gasteiger partial charge in [0.15, 0.2) is 0 Å². The lowest BCUT2D eigenvalue weighted by atomic mass is 9.84. The van der Waals surface area contributed by atoms with Crippen molar-refractivity contribution in [2.24, 2.45) is 5.92 Å². The van der Waals surface area contributed by atoms with Gasteiger partial charge in [-0.2, -0.15) is 0 Å². The highest BCUT2D eigenvalue weighted by molar-refractivity contribution is 5.18. The number of hydrogen-bond acceptors (Lipinski definition) is 2. The zero-order chi connectivity index (χ0) is 12.1. The van der Waals surface area contributed by atoms with E-state index in [4.69, 9.17) is 0 Å². The Hall–Kier alpha value is -0.860. The number of benzene rings is 1. The van der Waals surface area contributed by atoms with Crippen molar-refractivity contribution in [3.63, 3.8) is 0 Å². The van der Waals surface area contributed by atoms with Gasteiger partial charge >= 0.3 is 0 Å². The minimum absolute atomic E-state index is 0.319. The van der Waals surface area contributed by atoms with E-state index in [1.807, 2.05) is 6.07 Å². The molecule has 17 heavy (non-hydrogen) atoms. The minimum Gasteiger partial charge on any atom is -0.396 e. The molecule has 0 aliphatic heterocycles. The summed E-state index contributed by atoms with van der Waals surface area (Å²) < 4.78 is 0. The van der Waals surface area contributed by atoms with Gasteiger partial charge in [-0.3, -0.25) is 0 Å². The van der Waals surface area contributed by atoms with Gasteiger partial charge in [0, 0.05) is 18.7 Å². The fourth-order valence-corrected chi connectivity index (χ4v) is 2.80. The lowest BCUT2D eigenvalue weighted by Gasteiger charge is -2.33. The molecule has 0 aromatic heterocycles. The zero-order valence-corrected chi connectivity index (χ0v) is 10.6. The minimum atomic E-state index is 0.319. The first kappa shape index (κ1) is 12.6. The van der Waals surface area contributed by atoms with E-state index in [9.17, 15) is 5.11 Å². The molecule has 1 aromatic rings. The van der Waals surface area contributed by atoms with Crippen LogP contribution in [0.3, 0.4) is 0 Å². The Balaban J connectivity index is 1.95. The van der Waals surface area contributed by atoms with Gasteiger partial charge in [0.2, 0.25) is 0 Å². The summed E-state index contributed by atoms with van der Waals surface area (Å²) in [5, 5.41) is 13.1. The molecular weight excluding hydrogens is 210 g/mol. The second-order valence-corrected chi connectivity index (χ2v) is 5.13. The second kappa shape index (κ2) is 6.18. The van der Waals surface area contributed by atoms with Crippen LogP contribution in [0.25, 0.3) is 0 Å². The Labute approximate surface area is 104 Å². The standard InChI is InChI=1S/C15H23NO/c1-12(13-7-3-2-4-8-13)16-15-10-6-5-9-14(15)11-17/h2-4,7-8,12,14-17H,5-6,9-11H2,1H3. The van der Waals surface area contributed by atoms with Crippen molar-refractivity contribution in [3.05, 3.63) is 35.9 Å². The summed E-state index contributed by atoms with van der Waals surface area (Å²) in [4.78, 5) is 0. The van der Waals surface area contributed by atoms with E-state index in [1.54, 1.807) is 0 Å². The largest absolute Gasteiger partial charge is 0.396 e. The van der Waals surface area contributed by atoms with Gasteiger partial charge < -0.3 is 10.4 Å². The fourth-order valence-electron chi connectivity index (χ4n) is 2.80. The predicted molar refractivity (Wildman–Crippen MR) is 70.8 cm³/mol. The Kier molecular flexibility index (Phi) is 4.57. The van der Waals surface area contributed by atoms with Crippen LogP contribution in [0.4, 0.5) is 0 Å². The van der Waals surface area contributed by atoms with Crippen LogP contribution in [0.1, 0.15) is 44.2 Å². The zero-order valence-electron chi connectivity index (χ0n) is 10.6. The number of rotatable bonds is 4. The third-order valence-corrected chi connectivity index (χ3v) is 3.91. The maximum Gasteiger partial charge on any atom is 0.0474 e. The highest BCUT2D eigenvalue weighted by Gasteiger charge is 2.25. The highest BCUT2D eigenvalue weighted by atomic mass is 16.3. The second-order valence-electron chi connectivity index (χ2n) is 5.13. The monoisotopic (exact) mass is 233 g/mol. The molecule has 1 fully saturated rings. The van der Waals surface area contributed by atoms with Crippen LogP contribution in [0.2, 0.25) is 0 Å². The molecule has 0 amide bonds. The summed E-state index contributed by atoms with van der Waals surface area (Å²) in [5.74, 6) is 0.440. The van der Waals surface area contributed by atoms with Crippen molar-refractivity contribution in [1.82, 2.24) is 5.32 Å². The van der Waals surface area contributed by atoms with Crippen molar-refractivity contribution >= 4 is 0 Å². The molecule has 1 aliphatic carbocycles. The Morgan fingerprint density at radius 1 is 1.24 bits per heavy atom. The van der Waals surface area contributed by atoms with E-state index < -0.39 is 0 Å². The predicted octanol–water partition coefficient (Wildman–Crippen LogP) is 2.89. The lowest BCUT2D eigenvalue weighted by molar-refractivity contribution is 0.147. The molecule has 1 aromatic carbocycles. The van der Waals surface area contributed by atoms with Gasteiger partial charge in [0.05, 0.1) is 0 Å². The van der Waals surface area contributed by atoms with Crippen molar-refractivity contribution < 1.29 is 5.11 Å². The summed E-state index contributed by atoms with van der Waals surface area (Å²) in [7, 11) is 0. The van der Waals surface area contributed by atoms with Crippen LogP contribution in [-0.2, 0) is 0 Å². The molecule has 3 atom stereocenters. The molecule has 3 unspecified atom stereocenters. The first-order valence-electron chi connectivity index (χ1n) is 6.73. The van der Waals surface area contributed by atoms with Crippen molar-refractivity contribution in [2.75, 3.05) is 6.61 Å². The number of aliphatic hydroxyl groups is 1. The van der Waals surface area contributed by atoms with Gasteiger partial charge in [-0.05, 0) is 31.2 Å². The van der Waals surface area contributed by atoms with Crippen LogP contribution in [0, 0.1) is 5.92 Å². The molecular formula is C15H23NO. The summed E-state index contributed by atoms with van der Waals surface area (Å²) in [5.41, 5.74) is 1.33. The number of nitrogens with one attached hydrogen (secondary N) is 1. The molecule has 0 radical (unpaired) electrons. The SMILES string of the molecule is CC(NC1CCCCC1CO)c1ccccc1. The van der Waals surface area contributed by atoms with E-state index in [2.05, 4.69) is 36.5 Å². The van der Waals surface area contributed by atoms with Crippen LogP contribution in [-0.4, -0.2) is 17.8 Å². The first-order chi connectivity index (χ1) is 8.31. The number of hydrogen-bond donors (Lipinski definition) is 2. The van der Waals surface area contributed by atoms with Gasteiger partial charge in [-0.1, -0.05) is 43.2 Å².